The molecule has 1 heterocycles. The van der Waals surface area contributed by atoms with Gasteiger partial charge in [-0.2, -0.15) is 0 Å². The minimum absolute atomic E-state index is 0.745. The fourth-order valence-electron chi connectivity index (χ4n) is 2.13. The minimum atomic E-state index is 0.745. The second-order valence-electron chi connectivity index (χ2n) is 4.50. The Balaban J connectivity index is 1.88. The Bertz CT molecular complexity index is 144. The first-order valence-electron chi connectivity index (χ1n) is 5.24. The molecule has 0 radical (unpaired) electrons. The van der Waals surface area contributed by atoms with Gasteiger partial charge in [0.15, 0.2) is 0 Å². The van der Waals surface area contributed by atoms with Crippen molar-refractivity contribution < 1.29 is 0 Å². The van der Waals surface area contributed by atoms with E-state index in [0.717, 1.165) is 18.0 Å². The summed E-state index contributed by atoms with van der Waals surface area (Å²) in [5.74, 6) is 1.04. The van der Waals surface area contributed by atoms with Gasteiger partial charge in [-0.1, -0.05) is 0 Å². The second kappa shape index (κ2) is 3.35. The van der Waals surface area contributed by atoms with E-state index >= 15 is 0 Å². The molecular weight excluding hydrogens is 148 g/mol. The highest BCUT2D eigenvalue weighted by molar-refractivity contribution is 4.87. The lowest BCUT2D eigenvalue weighted by Gasteiger charge is -2.39. The maximum absolute atomic E-state index is 3.47. The summed E-state index contributed by atoms with van der Waals surface area (Å²) in [4.78, 5) is 2.67. The first-order valence-corrected chi connectivity index (χ1v) is 5.24. The monoisotopic (exact) mass is 168 g/mol. The fourth-order valence-corrected chi connectivity index (χ4v) is 2.13. The minimum Gasteiger partial charge on any atom is -0.314 e. The Kier molecular flexibility index (Phi) is 2.37. The van der Waals surface area contributed by atoms with E-state index in [0.29, 0.717) is 0 Å². The molecule has 2 fully saturated rings. The van der Waals surface area contributed by atoms with Crippen LogP contribution in [0, 0.1) is 5.92 Å². The molecule has 2 heteroatoms. The topological polar surface area (TPSA) is 15.3 Å². The van der Waals surface area contributed by atoms with Crippen LogP contribution >= 0.6 is 0 Å². The number of nitrogens with zero attached hydrogens (tertiary/aromatic N) is 1. The first kappa shape index (κ1) is 8.52. The smallest absolute Gasteiger partial charge is 0.0195 e. The molecule has 2 atom stereocenters. The average Bonchev–Trinajstić information content (AvgIpc) is 2.80. The summed E-state index contributed by atoms with van der Waals surface area (Å²) >= 11 is 0. The Morgan fingerprint density at radius 2 is 1.75 bits per heavy atom. The molecule has 70 valence electrons. The standard InChI is InChI=1S/C10H20N2/c1-8-5-11-6-9(2)12(8)7-10-3-4-10/h8-11H,3-7H2,1-2H3/t8-,9+. The molecule has 1 aliphatic heterocycles. The van der Waals surface area contributed by atoms with Gasteiger partial charge in [0.25, 0.3) is 0 Å². The van der Waals surface area contributed by atoms with Crippen LogP contribution in [0.5, 0.6) is 0 Å². The van der Waals surface area contributed by atoms with Crippen LogP contribution in [0.4, 0.5) is 0 Å². The van der Waals surface area contributed by atoms with Crippen molar-refractivity contribution in [1.82, 2.24) is 10.2 Å². The largest absolute Gasteiger partial charge is 0.314 e. The SMILES string of the molecule is C[C@@H]1CNC[C@H](C)N1CC1CC1. The number of hydrogen-bond acceptors (Lipinski definition) is 2. The van der Waals surface area contributed by atoms with Crippen LogP contribution in [0.3, 0.4) is 0 Å². The zero-order chi connectivity index (χ0) is 8.55. The van der Waals surface area contributed by atoms with Crippen molar-refractivity contribution in [2.75, 3.05) is 19.6 Å². The van der Waals surface area contributed by atoms with E-state index in [4.69, 9.17) is 0 Å². The maximum atomic E-state index is 3.47. The summed E-state index contributed by atoms with van der Waals surface area (Å²) in [5.41, 5.74) is 0. The third-order valence-electron chi connectivity index (χ3n) is 3.18. The summed E-state index contributed by atoms with van der Waals surface area (Å²) in [5, 5.41) is 3.47. The molecule has 2 aliphatic rings. The van der Waals surface area contributed by atoms with E-state index in [1.165, 1.54) is 32.5 Å². The Morgan fingerprint density at radius 3 is 2.25 bits per heavy atom. The van der Waals surface area contributed by atoms with Gasteiger partial charge in [-0.25, -0.2) is 0 Å². The molecule has 0 aromatic carbocycles. The van der Waals surface area contributed by atoms with Crippen LogP contribution in [-0.4, -0.2) is 36.6 Å². The maximum Gasteiger partial charge on any atom is 0.0195 e. The highest BCUT2D eigenvalue weighted by Crippen LogP contribution is 2.31. The molecule has 0 unspecified atom stereocenters. The fraction of sp³-hybridized carbons (Fsp3) is 1.00. The van der Waals surface area contributed by atoms with Gasteiger partial charge in [0.1, 0.15) is 0 Å². The first-order chi connectivity index (χ1) is 5.77. The Hall–Kier alpha value is -0.0800. The van der Waals surface area contributed by atoms with Crippen molar-refractivity contribution in [1.29, 1.82) is 0 Å². The van der Waals surface area contributed by atoms with Crippen molar-refractivity contribution in [3.8, 4) is 0 Å². The normalized spacial score (nSPS) is 38.5. The van der Waals surface area contributed by atoms with Crippen LogP contribution in [0.15, 0.2) is 0 Å². The number of nitrogens with one attached hydrogen (secondary N) is 1. The molecule has 1 saturated carbocycles. The molecule has 1 aliphatic carbocycles. The third kappa shape index (κ3) is 1.80. The highest BCUT2D eigenvalue weighted by Gasteiger charge is 2.30. The predicted octanol–water partition coefficient (Wildman–Crippen LogP) is 1.08. The third-order valence-corrected chi connectivity index (χ3v) is 3.18. The summed E-state index contributed by atoms with van der Waals surface area (Å²) in [6.45, 7) is 8.38. The van der Waals surface area contributed by atoms with E-state index in [-0.39, 0.29) is 0 Å². The van der Waals surface area contributed by atoms with Crippen molar-refractivity contribution in [3.05, 3.63) is 0 Å². The molecule has 1 N–H and O–H groups in total. The van der Waals surface area contributed by atoms with E-state index < -0.39 is 0 Å². The Morgan fingerprint density at radius 1 is 1.17 bits per heavy atom. The second-order valence-corrected chi connectivity index (χ2v) is 4.50. The van der Waals surface area contributed by atoms with Crippen LogP contribution < -0.4 is 5.32 Å². The van der Waals surface area contributed by atoms with Crippen molar-refractivity contribution >= 4 is 0 Å². The van der Waals surface area contributed by atoms with Gasteiger partial charge >= 0.3 is 0 Å². The molecule has 0 spiro atoms. The van der Waals surface area contributed by atoms with Crippen LogP contribution in [0.1, 0.15) is 26.7 Å². The highest BCUT2D eigenvalue weighted by atomic mass is 15.2. The van der Waals surface area contributed by atoms with Gasteiger partial charge in [-0.3, -0.25) is 4.90 Å². The molecular formula is C10H20N2. The van der Waals surface area contributed by atoms with Gasteiger partial charge in [0.05, 0.1) is 0 Å². The average molecular weight is 168 g/mol. The zero-order valence-electron chi connectivity index (χ0n) is 8.21. The Labute approximate surface area is 75.3 Å². The zero-order valence-corrected chi connectivity index (χ0v) is 8.21. The number of hydrogen-bond donors (Lipinski definition) is 1. The summed E-state index contributed by atoms with van der Waals surface area (Å²) < 4.78 is 0. The summed E-state index contributed by atoms with van der Waals surface area (Å²) in [6, 6.07) is 1.49. The quantitative estimate of drug-likeness (QED) is 0.663. The number of piperazine rings is 1. The van der Waals surface area contributed by atoms with Gasteiger partial charge in [0, 0.05) is 31.7 Å². The molecule has 0 bridgehead atoms. The van der Waals surface area contributed by atoms with Gasteiger partial charge in [-0.05, 0) is 32.6 Å². The van der Waals surface area contributed by atoms with Crippen LogP contribution in [0.25, 0.3) is 0 Å². The molecule has 2 rings (SSSR count). The lowest BCUT2D eigenvalue weighted by molar-refractivity contribution is 0.111. The van der Waals surface area contributed by atoms with Gasteiger partial charge in [0.2, 0.25) is 0 Å². The van der Waals surface area contributed by atoms with E-state index in [1.807, 2.05) is 0 Å². The molecule has 12 heavy (non-hydrogen) atoms. The van der Waals surface area contributed by atoms with Gasteiger partial charge < -0.3 is 5.32 Å². The molecule has 0 amide bonds. The van der Waals surface area contributed by atoms with Crippen molar-refractivity contribution in [2.24, 2.45) is 5.92 Å². The van der Waals surface area contributed by atoms with Gasteiger partial charge in [-0.15, -0.1) is 0 Å². The van der Waals surface area contributed by atoms with Crippen LogP contribution in [0.2, 0.25) is 0 Å². The molecule has 0 aromatic heterocycles. The van der Waals surface area contributed by atoms with E-state index in [1.54, 1.807) is 0 Å². The lowest BCUT2D eigenvalue weighted by Crippen LogP contribution is -2.55. The van der Waals surface area contributed by atoms with E-state index in [2.05, 4.69) is 24.1 Å². The van der Waals surface area contributed by atoms with Crippen LogP contribution in [-0.2, 0) is 0 Å². The van der Waals surface area contributed by atoms with Crippen molar-refractivity contribution in [3.63, 3.8) is 0 Å². The molecule has 2 nitrogen and oxygen atoms in total. The number of rotatable bonds is 2. The van der Waals surface area contributed by atoms with E-state index in [9.17, 15) is 0 Å². The predicted molar refractivity (Wildman–Crippen MR) is 51.2 cm³/mol. The lowest BCUT2D eigenvalue weighted by atomic mass is 10.1. The molecule has 1 saturated heterocycles. The van der Waals surface area contributed by atoms with Crippen molar-refractivity contribution in [2.45, 2.75) is 38.8 Å². The molecule has 0 aromatic rings. The summed E-state index contributed by atoms with van der Waals surface area (Å²) in [6.07, 6.45) is 2.95. The summed E-state index contributed by atoms with van der Waals surface area (Å²) in [7, 11) is 0.